The Morgan fingerprint density at radius 1 is 1.90 bits per heavy atom. The van der Waals surface area contributed by atoms with Gasteiger partial charge >= 0.3 is 0 Å². The van der Waals surface area contributed by atoms with Crippen LogP contribution in [0.5, 0.6) is 0 Å². The molecule has 0 saturated heterocycles. The third kappa shape index (κ3) is 5.13. The molecule has 0 aliphatic rings. The van der Waals surface area contributed by atoms with E-state index < -0.39 is 0 Å². The second-order valence-corrected chi connectivity index (χ2v) is 2.16. The van der Waals surface area contributed by atoms with Gasteiger partial charge in [0.2, 0.25) is 5.91 Å². The van der Waals surface area contributed by atoms with Gasteiger partial charge in [0, 0.05) is 12.5 Å². The Balaban J connectivity index is 3.37. The van der Waals surface area contributed by atoms with Gasteiger partial charge in [0.05, 0.1) is 6.54 Å². The summed E-state index contributed by atoms with van der Waals surface area (Å²) in [6.45, 7) is 2.06. The molecule has 0 spiro atoms. The summed E-state index contributed by atoms with van der Waals surface area (Å²) in [6.07, 6.45) is 5.25. The van der Waals surface area contributed by atoms with Crippen molar-refractivity contribution in [3.8, 4) is 12.3 Å². The van der Waals surface area contributed by atoms with Gasteiger partial charge in [-0.15, -0.1) is 6.42 Å². The van der Waals surface area contributed by atoms with E-state index in [-0.39, 0.29) is 18.5 Å². The molecule has 10 heavy (non-hydrogen) atoms. The molecule has 0 radical (unpaired) electrons. The first kappa shape index (κ1) is 8.99. The first-order valence-corrected chi connectivity index (χ1v) is 3.12. The molecule has 0 fully saturated rings. The van der Waals surface area contributed by atoms with Crippen LogP contribution in [0.4, 0.5) is 0 Å². The highest BCUT2D eigenvalue weighted by Crippen LogP contribution is 1.83. The van der Waals surface area contributed by atoms with Crippen LogP contribution in [0.1, 0.15) is 13.3 Å². The van der Waals surface area contributed by atoms with Crippen LogP contribution in [-0.4, -0.2) is 18.5 Å². The monoisotopic (exact) mass is 140 g/mol. The van der Waals surface area contributed by atoms with Crippen LogP contribution < -0.4 is 11.1 Å². The summed E-state index contributed by atoms with van der Waals surface area (Å²) >= 11 is 0. The van der Waals surface area contributed by atoms with Crippen molar-refractivity contribution in [3.05, 3.63) is 0 Å². The third-order valence-electron chi connectivity index (χ3n) is 0.895. The van der Waals surface area contributed by atoms with Gasteiger partial charge in [0.15, 0.2) is 0 Å². The predicted molar refractivity (Wildman–Crippen MR) is 40.1 cm³/mol. The van der Waals surface area contributed by atoms with Crippen LogP contribution in [0.25, 0.3) is 0 Å². The Kier molecular flexibility index (Phi) is 4.34. The minimum Gasteiger partial charge on any atom is -0.345 e. The van der Waals surface area contributed by atoms with E-state index in [1.807, 2.05) is 0 Å². The molecule has 0 heterocycles. The molecule has 1 atom stereocenters. The number of carbonyl (C=O) groups is 1. The molecule has 0 bridgehead atoms. The zero-order chi connectivity index (χ0) is 7.98. The number of terminal acetylenes is 1. The Morgan fingerprint density at radius 2 is 2.50 bits per heavy atom. The number of nitrogens with one attached hydrogen (secondary N) is 1. The van der Waals surface area contributed by atoms with Crippen molar-refractivity contribution < 1.29 is 4.79 Å². The molecule has 0 aromatic carbocycles. The number of carbonyl (C=O) groups excluding carboxylic acids is 1. The molecule has 0 saturated carbocycles. The molecule has 1 unspecified atom stereocenters. The molecule has 0 aliphatic carbocycles. The fraction of sp³-hybridized carbons (Fsp3) is 0.571. The summed E-state index contributed by atoms with van der Waals surface area (Å²) in [7, 11) is 0. The number of amides is 1. The Bertz CT molecular complexity index is 146. The SMILES string of the molecule is C#CCNC(=O)CC(C)N. The topological polar surface area (TPSA) is 55.1 Å². The summed E-state index contributed by atoms with van der Waals surface area (Å²) in [5.74, 6) is 2.21. The van der Waals surface area contributed by atoms with E-state index >= 15 is 0 Å². The van der Waals surface area contributed by atoms with Crippen molar-refractivity contribution in [2.75, 3.05) is 6.54 Å². The van der Waals surface area contributed by atoms with Gasteiger partial charge in [0.1, 0.15) is 0 Å². The van der Waals surface area contributed by atoms with Crippen molar-refractivity contribution in [2.24, 2.45) is 5.73 Å². The smallest absolute Gasteiger partial charge is 0.222 e. The highest BCUT2D eigenvalue weighted by molar-refractivity contribution is 5.76. The molecular weight excluding hydrogens is 128 g/mol. The van der Waals surface area contributed by atoms with Crippen LogP contribution in [0.2, 0.25) is 0 Å². The van der Waals surface area contributed by atoms with Gasteiger partial charge in [-0.1, -0.05) is 5.92 Å². The molecule has 3 N–H and O–H groups in total. The number of nitrogens with two attached hydrogens (primary N) is 1. The summed E-state index contributed by atoms with van der Waals surface area (Å²) in [5.41, 5.74) is 5.35. The normalized spacial score (nSPS) is 11.7. The first-order chi connectivity index (χ1) is 4.66. The lowest BCUT2D eigenvalue weighted by Crippen LogP contribution is -2.29. The van der Waals surface area contributed by atoms with Crippen molar-refractivity contribution >= 4 is 5.91 Å². The second-order valence-electron chi connectivity index (χ2n) is 2.16. The Hall–Kier alpha value is -1.01. The van der Waals surface area contributed by atoms with Crippen LogP contribution in [0.3, 0.4) is 0 Å². The third-order valence-corrected chi connectivity index (χ3v) is 0.895. The summed E-state index contributed by atoms with van der Waals surface area (Å²) in [4.78, 5) is 10.7. The fourth-order valence-corrected chi connectivity index (χ4v) is 0.514. The summed E-state index contributed by atoms with van der Waals surface area (Å²) in [6, 6.07) is -0.0993. The lowest BCUT2D eigenvalue weighted by Gasteiger charge is -2.03. The van der Waals surface area contributed by atoms with Gasteiger partial charge in [0.25, 0.3) is 0 Å². The van der Waals surface area contributed by atoms with E-state index in [0.29, 0.717) is 6.42 Å². The van der Waals surface area contributed by atoms with E-state index in [4.69, 9.17) is 12.2 Å². The van der Waals surface area contributed by atoms with Gasteiger partial charge in [-0.25, -0.2) is 0 Å². The van der Waals surface area contributed by atoms with E-state index in [1.165, 1.54) is 0 Å². The molecule has 0 aromatic rings. The standard InChI is InChI=1S/C7H12N2O/c1-3-4-9-7(10)5-6(2)8/h1,6H,4-5,8H2,2H3,(H,9,10). The maximum absolute atomic E-state index is 10.7. The highest BCUT2D eigenvalue weighted by Gasteiger charge is 2.01. The molecular formula is C7H12N2O. The van der Waals surface area contributed by atoms with Gasteiger partial charge in [-0.05, 0) is 6.92 Å². The number of hydrogen-bond donors (Lipinski definition) is 2. The van der Waals surface area contributed by atoms with Crippen molar-refractivity contribution in [3.63, 3.8) is 0 Å². The minimum atomic E-state index is -0.0993. The molecule has 3 heteroatoms. The minimum absolute atomic E-state index is 0.0899. The summed E-state index contributed by atoms with van der Waals surface area (Å²) < 4.78 is 0. The van der Waals surface area contributed by atoms with E-state index in [2.05, 4.69) is 11.2 Å². The Morgan fingerprint density at radius 3 is 2.90 bits per heavy atom. The summed E-state index contributed by atoms with van der Waals surface area (Å²) in [5, 5.41) is 2.51. The van der Waals surface area contributed by atoms with Crippen LogP contribution in [-0.2, 0) is 4.79 Å². The average Bonchev–Trinajstić information content (AvgIpc) is 1.82. The molecule has 0 rings (SSSR count). The largest absolute Gasteiger partial charge is 0.345 e. The van der Waals surface area contributed by atoms with E-state index in [9.17, 15) is 4.79 Å². The predicted octanol–water partition coefficient (Wildman–Crippen LogP) is -0.527. The van der Waals surface area contributed by atoms with E-state index in [0.717, 1.165) is 0 Å². The zero-order valence-corrected chi connectivity index (χ0v) is 6.05. The maximum Gasteiger partial charge on any atom is 0.222 e. The quantitative estimate of drug-likeness (QED) is 0.518. The van der Waals surface area contributed by atoms with Crippen molar-refractivity contribution in [1.29, 1.82) is 0 Å². The fourth-order valence-electron chi connectivity index (χ4n) is 0.514. The van der Waals surface area contributed by atoms with Gasteiger partial charge in [-0.2, -0.15) is 0 Å². The van der Waals surface area contributed by atoms with Crippen LogP contribution in [0, 0.1) is 12.3 Å². The second kappa shape index (κ2) is 4.83. The first-order valence-electron chi connectivity index (χ1n) is 3.12. The number of rotatable bonds is 3. The van der Waals surface area contributed by atoms with Gasteiger partial charge < -0.3 is 11.1 Å². The molecule has 1 amide bonds. The highest BCUT2D eigenvalue weighted by atomic mass is 16.1. The lowest BCUT2D eigenvalue weighted by molar-refractivity contribution is -0.121. The zero-order valence-electron chi connectivity index (χ0n) is 6.05. The molecule has 0 aromatic heterocycles. The molecule has 56 valence electrons. The maximum atomic E-state index is 10.7. The Labute approximate surface area is 61.0 Å². The number of hydrogen-bond acceptors (Lipinski definition) is 2. The van der Waals surface area contributed by atoms with Crippen molar-refractivity contribution in [2.45, 2.75) is 19.4 Å². The van der Waals surface area contributed by atoms with Gasteiger partial charge in [-0.3, -0.25) is 4.79 Å². The average molecular weight is 140 g/mol. The lowest BCUT2D eigenvalue weighted by atomic mass is 10.2. The van der Waals surface area contributed by atoms with E-state index in [1.54, 1.807) is 6.92 Å². The van der Waals surface area contributed by atoms with Crippen LogP contribution >= 0.6 is 0 Å². The van der Waals surface area contributed by atoms with Crippen LogP contribution in [0.15, 0.2) is 0 Å². The van der Waals surface area contributed by atoms with Crippen molar-refractivity contribution in [1.82, 2.24) is 5.32 Å². The molecule has 3 nitrogen and oxygen atoms in total. The molecule has 0 aliphatic heterocycles.